The molecule has 15 heavy (non-hydrogen) atoms. The molecular formula is C12H20N2O. The number of hydrogen-bond acceptors (Lipinski definition) is 2. The first-order valence-corrected chi connectivity index (χ1v) is 5.50. The molecule has 0 spiro atoms. The van der Waals surface area contributed by atoms with E-state index in [0.717, 1.165) is 19.4 Å². The van der Waals surface area contributed by atoms with Crippen molar-refractivity contribution >= 4 is 5.91 Å². The maximum absolute atomic E-state index is 11.8. The Morgan fingerprint density at radius 1 is 1.47 bits per heavy atom. The van der Waals surface area contributed by atoms with Crippen LogP contribution in [-0.2, 0) is 4.79 Å². The van der Waals surface area contributed by atoms with Crippen LogP contribution in [0.15, 0.2) is 24.3 Å². The highest BCUT2D eigenvalue weighted by molar-refractivity contribution is 5.88. The third kappa shape index (κ3) is 3.51. The van der Waals surface area contributed by atoms with Crippen molar-refractivity contribution in [2.75, 3.05) is 6.54 Å². The number of nitrogens with zero attached hydrogens (tertiary/aromatic N) is 1. The number of rotatable bonds is 2. The summed E-state index contributed by atoms with van der Waals surface area (Å²) in [4.78, 5) is 13.6. The van der Waals surface area contributed by atoms with Gasteiger partial charge in [-0.2, -0.15) is 0 Å². The minimum atomic E-state index is 0.0903. The minimum absolute atomic E-state index is 0.0903. The first-order valence-electron chi connectivity index (χ1n) is 5.50. The fourth-order valence-electron chi connectivity index (χ4n) is 1.88. The Labute approximate surface area is 91.6 Å². The number of hydrogen-bond donors (Lipinski definition) is 1. The summed E-state index contributed by atoms with van der Waals surface area (Å²) >= 11 is 0. The Hall–Kier alpha value is -1.09. The zero-order chi connectivity index (χ0) is 11.3. The van der Waals surface area contributed by atoms with Crippen molar-refractivity contribution in [3.63, 3.8) is 0 Å². The van der Waals surface area contributed by atoms with Gasteiger partial charge in [-0.1, -0.05) is 18.2 Å². The van der Waals surface area contributed by atoms with E-state index in [4.69, 9.17) is 5.73 Å². The lowest BCUT2D eigenvalue weighted by molar-refractivity contribution is -0.129. The Balaban J connectivity index is 2.52. The van der Waals surface area contributed by atoms with Crippen LogP contribution in [0.5, 0.6) is 0 Å². The molecular weight excluding hydrogens is 188 g/mol. The monoisotopic (exact) mass is 208 g/mol. The first kappa shape index (κ1) is 12.0. The fraction of sp³-hybridized carbons (Fsp3) is 0.583. The molecule has 1 aliphatic heterocycles. The molecule has 1 amide bonds. The molecule has 0 bridgehead atoms. The van der Waals surface area contributed by atoms with Crippen LogP contribution in [0, 0.1) is 0 Å². The molecule has 2 unspecified atom stereocenters. The lowest BCUT2D eigenvalue weighted by Gasteiger charge is -2.35. The smallest absolute Gasteiger partial charge is 0.246 e. The molecule has 0 saturated carbocycles. The van der Waals surface area contributed by atoms with Crippen molar-refractivity contribution in [2.24, 2.45) is 5.73 Å². The van der Waals surface area contributed by atoms with Gasteiger partial charge in [-0.05, 0) is 26.7 Å². The van der Waals surface area contributed by atoms with Gasteiger partial charge in [-0.15, -0.1) is 0 Å². The number of amides is 1. The van der Waals surface area contributed by atoms with E-state index in [1.54, 1.807) is 12.2 Å². The Kier molecular flexibility index (Phi) is 4.56. The number of likely N-dealkylation sites (tertiary alicyclic amines) is 1. The number of carbonyl (C=O) groups excluding carboxylic acids is 1. The summed E-state index contributed by atoms with van der Waals surface area (Å²) in [7, 11) is 0. The summed E-state index contributed by atoms with van der Waals surface area (Å²) in [5.41, 5.74) is 5.84. The molecule has 1 heterocycles. The summed E-state index contributed by atoms with van der Waals surface area (Å²) < 4.78 is 0. The minimum Gasteiger partial charge on any atom is -0.336 e. The molecule has 84 valence electrons. The average molecular weight is 208 g/mol. The van der Waals surface area contributed by atoms with Crippen LogP contribution in [-0.4, -0.2) is 29.4 Å². The highest BCUT2D eigenvalue weighted by atomic mass is 16.2. The largest absolute Gasteiger partial charge is 0.336 e. The van der Waals surface area contributed by atoms with Gasteiger partial charge in [0, 0.05) is 24.7 Å². The SMILES string of the molecule is CC=CC=CC(=O)N1CCC(N)CC1C. The fourth-order valence-corrected chi connectivity index (χ4v) is 1.88. The number of allylic oxidation sites excluding steroid dienone is 3. The second kappa shape index (κ2) is 5.71. The molecule has 0 aromatic heterocycles. The summed E-state index contributed by atoms with van der Waals surface area (Å²) in [6.45, 7) is 4.76. The summed E-state index contributed by atoms with van der Waals surface area (Å²) in [5, 5.41) is 0. The molecule has 0 aromatic rings. The molecule has 1 saturated heterocycles. The van der Waals surface area contributed by atoms with Crippen molar-refractivity contribution in [3.8, 4) is 0 Å². The van der Waals surface area contributed by atoms with Gasteiger partial charge in [0.15, 0.2) is 0 Å². The zero-order valence-corrected chi connectivity index (χ0v) is 9.52. The van der Waals surface area contributed by atoms with Crippen LogP contribution in [0.4, 0.5) is 0 Å². The van der Waals surface area contributed by atoms with Crippen LogP contribution >= 0.6 is 0 Å². The predicted molar refractivity (Wildman–Crippen MR) is 62.3 cm³/mol. The highest BCUT2D eigenvalue weighted by Gasteiger charge is 2.25. The van der Waals surface area contributed by atoms with Crippen molar-refractivity contribution in [3.05, 3.63) is 24.3 Å². The standard InChI is InChI=1S/C12H20N2O/c1-3-4-5-6-12(15)14-8-7-11(13)9-10(14)2/h3-6,10-11H,7-9,13H2,1-2H3. The molecule has 3 nitrogen and oxygen atoms in total. The van der Waals surface area contributed by atoms with Crippen molar-refractivity contribution in [1.82, 2.24) is 4.90 Å². The van der Waals surface area contributed by atoms with Gasteiger partial charge in [-0.25, -0.2) is 0 Å². The van der Waals surface area contributed by atoms with Gasteiger partial charge in [0.2, 0.25) is 5.91 Å². The van der Waals surface area contributed by atoms with E-state index in [1.807, 2.05) is 24.0 Å². The van der Waals surface area contributed by atoms with E-state index < -0.39 is 0 Å². The third-order valence-corrected chi connectivity index (χ3v) is 2.74. The van der Waals surface area contributed by atoms with E-state index in [9.17, 15) is 4.79 Å². The molecule has 0 radical (unpaired) electrons. The first-order chi connectivity index (χ1) is 7.15. The zero-order valence-electron chi connectivity index (χ0n) is 9.52. The Morgan fingerprint density at radius 2 is 2.20 bits per heavy atom. The molecule has 1 rings (SSSR count). The van der Waals surface area contributed by atoms with Crippen LogP contribution < -0.4 is 5.73 Å². The molecule has 3 heteroatoms. The van der Waals surface area contributed by atoms with E-state index in [-0.39, 0.29) is 18.0 Å². The van der Waals surface area contributed by atoms with E-state index >= 15 is 0 Å². The molecule has 2 atom stereocenters. The maximum atomic E-state index is 11.8. The van der Waals surface area contributed by atoms with Gasteiger partial charge in [-0.3, -0.25) is 4.79 Å². The van der Waals surface area contributed by atoms with Gasteiger partial charge in [0.25, 0.3) is 0 Å². The van der Waals surface area contributed by atoms with Crippen LogP contribution in [0.1, 0.15) is 26.7 Å². The average Bonchev–Trinajstić information content (AvgIpc) is 2.17. The number of nitrogens with two attached hydrogens (primary N) is 1. The number of carbonyl (C=O) groups is 1. The lowest BCUT2D eigenvalue weighted by atomic mass is 9.99. The second-order valence-electron chi connectivity index (χ2n) is 4.05. The quantitative estimate of drug-likeness (QED) is 0.551. The Bertz CT molecular complexity index is 271. The summed E-state index contributed by atoms with van der Waals surface area (Å²) in [6, 6.07) is 0.514. The van der Waals surface area contributed by atoms with Gasteiger partial charge < -0.3 is 10.6 Å². The van der Waals surface area contributed by atoms with Crippen LogP contribution in [0.2, 0.25) is 0 Å². The topological polar surface area (TPSA) is 46.3 Å². The molecule has 1 fully saturated rings. The van der Waals surface area contributed by atoms with Crippen molar-refractivity contribution in [1.29, 1.82) is 0 Å². The van der Waals surface area contributed by atoms with Gasteiger partial charge >= 0.3 is 0 Å². The lowest BCUT2D eigenvalue weighted by Crippen LogP contribution is -2.47. The molecule has 1 aliphatic rings. The predicted octanol–water partition coefficient (Wildman–Crippen LogP) is 1.46. The summed E-state index contributed by atoms with van der Waals surface area (Å²) in [6.07, 6.45) is 8.98. The Morgan fingerprint density at radius 3 is 2.80 bits per heavy atom. The van der Waals surface area contributed by atoms with Crippen molar-refractivity contribution < 1.29 is 4.79 Å². The van der Waals surface area contributed by atoms with E-state index in [1.165, 1.54) is 0 Å². The highest BCUT2D eigenvalue weighted by Crippen LogP contribution is 2.16. The normalized spacial score (nSPS) is 27.8. The van der Waals surface area contributed by atoms with E-state index in [0.29, 0.717) is 0 Å². The van der Waals surface area contributed by atoms with E-state index in [2.05, 4.69) is 6.92 Å². The molecule has 2 N–H and O–H groups in total. The van der Waals surface area contributed by atoms with Gasteiger partial charge in [0.1, 0.15) is 0 Å². The summed E-state index contributed by atoms with van der Waals surface area (Å²) in [5.74, 6) is 0.0903. The van der Waals surface area contributed by atoms with Crippen LogP contribution in [0.3, 0.4) is 0 Å². The van der Waals surface area contributed by atoms with Gasteiger partial charge in [0.05, 0.1) is 0 Å². The third-order valence-electron chi connectivity index (χ3n) is 2.74. The molecule has 0 aliphatic carbocycles. The second-order valence-corrected chi connectivity index (χ2v) is 4.05. The maximum Gasteiger partial charge on any atom is 0.246 e. The van der Waals surface area contributed by atoms with Crippen molar-refractivity contribution in [2.45, 2.75) is 38.8 Å². The number of piperidine rings is 1. The van der Waals surface area contributed by atoms with Crippen LogP contribution in [0.25, 0.3) is 0 Å². The molecule has 0 aromatic carbocycles.